The number of aryl methyl sites for hydroxylation is 1. The van der Waals surface area contributed by atoms with Crippen LogP contribution in [0.1, 0.15) is 36.2 Å². The van der Waals surface area contributed by atoms with Crippen LogP contribution in [0.2, 0.25) is 0 Å². The fourth-order valence-corrected chi connectivity index (χ4v) is 1.50. The second-order valence-electron chi connectivity index (χ2n) is 4.07. The van der Waals surface area contributed by atoms with Crippen molar-refractivity contribution in [3.8, 4) is 0 Å². The highest BCUT2D eigenvalue weighted by Crippen LogP contribution is 2.00. The number of amides is 1. The van der Waals surface area contributed by atoms with Crippen LogP contribution in [-0.2, 0) is 16.6 Å². The minimum Gasteiger partial charge on any atom is -0.469 e. The van der Waals surface area contributed by atoms with Gasteiger partial charge in [-0.1, -0.05) is 6.42 Å². The summed E-state index contributed by atoms with van der Waals surface area (Å²) in [4.78, 5) is 26.4. The van der Waals surface area contributed by atoms with E-state index in [4.69, 9.17) is 0 Å². The molecule has 1 aromatic rings. The molecule has 1 amide bonds. The molecule has 0 unspecified atom stereocenters. The summed E-state index contributed by atoms with van der Waals surface area (Å²) in [5, 5.41) is 2.78. The van der Waals surface area contributed by atoms with Gasteiger partial charge in [-0.2, -0.15) is 0 Å². The van der Waals surface area contributed by atoms with Crippen LogP contribution in [0.4, 0.5) is 0 Å². The normalized spacial score (nSPS) is 10.1. The number of carbonyl (C=O) groups is 2. The van der Waals surface area contributed by atoms with Crippen LogP contribution >= 0.6 is 0 Å². The van der Waals surface area contributed by atoms with Crippen LogP contribution in [0.15, 0.2) is 12.5 Å². The lowest BCUT2D eigenvalue weighted by molar-refractivity contribution is -0.140. The fourth-order valence-electron chi connectivity index (χ4n) is 1.50. The number of rotatable bonds is 7. The van der Waals surface area contributed by atoms with Gasteiger partial charge in [0.25, 0.3) is 5.91 Å². The number of unbranched alkanes of at least 4 members (excludes halogenated alkanes) is 2. The maximum absolute atomic E-state index is 11.6. The molecule has 0 radical (unpaired) electrons. The van der Waals surface area contributed by atoms with E-state index in [1.165, 1.54) is 7.11 Å². The van der Waals surface area contributed by atoms with E-state index >= 15 is 0 Å². The Balaban J connectivity index is 2.08. The van der Waals surface area contributed by atoms with Crippen molar-refractivity contribution in [2.45, 2.75) is 25.7 Å². The van der Waals surface area contributed by atoms with Crippen molar-refractivity contribution in [2.75, 3.05) is 13.7 Å². The smallest absolute Gasteiger partial charge is 0.305 e. The standard InChI is InChI=1S/C12H19N3O3/c1-15-8-10(14-9-15)12(17)13-7-5-3-4-6-11(16)18-2/h8-9H,3-7H2,1-2H3,(H,13,17). The van der Waals surface area contributed by atoms with E-state index in [2.05, 4.69) is 15.0 Å². The molecular weight excluding hydrogens is 234 g/mol. The Morgan fingerprint density at radius 1 is 1.39 bits per heavy atom. The number of ether oxygens (including phenoxy) is 1. The summed E-state index contributed by atoms with van der Waals surface area (Å²) in [6.45, 7) is 0.594. The molecule has 6 heteroatoms. The van der Waals surface area contributed by atoms with Crippen LogP contribution in [0, 0.1) is 0 Å². The predicted octanol–water partition coefficient (Wildman–Crippen LogP) is 0.883. The molecule has 0 fully saturated rings. The lowest BCUT2D eigenvalue weighted by Gasteiger charge is -2.03. The second kappa shape index (κ2) is 7.47. The number of hydrogen-bond acceptors (Lipinski definition) is 4. The number of imidazole rings is 1. The molecule has 0 aromatic carbocycles. The molecule has 1 aromatic heterocycles. The van der Waals surface area contributed by atoms with Crippen LogP contribution in [-0.4, -0.2) is 35.1 Å². The van der Waals surface area contributed by atoms with Gasteiger partial charge in [-0.15, -0.1) is 0 Å². The van der Waals surface area contributed by atoms with Gasteiger partial charge in [0.15, 0.2) is 0 Å². The van der Waals surface area contributed by atoms with Gasteiger partial charge in [0.2, 0.25) is 0 Å². The SMILES string of the molecule is COC(=O)CCCCCNC(=O)c1cn(C)cn1. The molecular formula is C12H19N3O3. The lowest BCUT2D eigenvalue weighted by atomic mass is 10.2. The van der Waals surface area contributed by atoms with Crippen molar-refractivity contribution >= 4 is 11.9 Å². The third-order valence-corrected chi connectivity index (χ3v) is 2.51. The number of methoxy groups -OCH3 is 1. The number of aromatic nitrogens is 2. The summed E-state index contributed by atoms with van der Waals surface area (Å²) in [7, 11) is 3.20. The molecule has 0 aliphatic heterocycles. The molecule has 0 saturated heterocycles. The van der Waals surface area contributed by atoms with Gasteiger partial charge in [0.1, 0.15) is 5.69 Å². The van der Waals surface area contributed by atoms with E-state index in [9.17, 15) is 9.59 Å². The van der Waals surface area contributed by atoms with Gasteiger partial charge < -0.3 is 14.6 Å². The number of hydrogen-bond donors (Lipinski definition) is 1. The van der Waals surface area contributed by atoms with Crippen molar-refractivity contribution < 1.29 is 14.3 Å². The Kier molecular flexibility index (Phi) is 5.90. The highest BCUT2D eigenvalue weighted by atomic mass is 16.5. The van der Waals surface area contributed by atoms with Crippen LogP contribution in [0.5, 0.6) is 0 Å². The molecule has 1 heterocycles. The van der Waals surface area contributed by atoms with Gasteiger partial charge in [-0.05, 0) is 12.8 Å². The topological polar surface area (TPSA) is 73.2 Å². The molecule has 0 spiro atoms. The largest absolute Gasteiger partial charge is 0.469 e. The summed E-state index contributed by atoms with van der Waals surface area (Å²) in [6, 6.07) is 0. The summed E-state index contributed by atoms with van der Waals surface area (Å²) in [6.07, 6.45) is 6.21. The second-order valence-corrected chi connectivity index (χ2v) is 4.07. The van der Waals surface area contributed by atoms with E-state index in [-0.39, 0.29) is 11.9 Å². The van der Waals surface area contributed by atoms with Gasteiger partial charge in [0, 0.05) is 26.2 Å². The first-order valence-corrected chi connectivity index (χ1v) is 5.96. The quantitative estimate of drug-likeness (QED) is 0.578. The third kappa shape index (κ3) is 4.99. The zero-order valence-electron chi connectivity index (χ0n) is 10.8. The van der Waals surface area contributed by atoms with Crippen molar-refractivity contribution in [1.29, 1.82) is 0 Å². The Morgan fingerprint density at radius 3 is 2.78 bits per heavy atom. The van der Waals surface area contributed by atoms with Gasteiger partial charge in [0.05, 0.1) is 13.4 Å². The van der Waals surface area contributed by atoms with E-state index in [0.29, 0.717) is 18.7 Å². The summed E-state index contributed by atoms with van der Waals surface area (Å²) in [5.74, 6) is -0.351. The molecule has 0 aliphatic carbocycles. The van der Waals surface area contributed by atoms with Gasteiger partial charge in [-0.3, -0.25) is 9.59 Å². The Morgan fingerprint density at radius 2 is 2.17 bits per heavy atom. The van der Waals surface area contributed by atoms with Gasteiger partial charge in [-0.25, -0.2) is 4.98 Å². The molecule has 0 atom stereocenters. The first kappa shape index (κ1) is 14.2. The van der Waals surface area contributed by atoms with Crippen LogP contribution in [0.3, 0.4) is 0 Å². The average molecular weight is 253 g/mol. The van der Waals surface area contributed by atoms with Crippen LogP contribution in [0.25, 0.3) is 0 Å². The fraction of sp³-hybridized carbons (Fsp3) is 0.583. The molecule has 100 valence electrons. The number of esters is 1. The molecule has 6 nitrogen and oxygen atoms in total. The van der Waals surface area contributed by atoms with Gasteiger partial charge >= 0.3 is 5.97 Å². The molecule has 18 heavy (non-hydrogen) atoms. The number of carbonyl (C=O) groups excluding carboxylic acids is 2. The van der Waals surface area contributed by atoms with Crippen molar-refractivity contribution in [2.24, 2.45) is 7.05 Å². The third-order valence-electron chi connectivity index (χ3n) is 2.51. The van der Waals surface area contributed by atoms with Crippen molar-refractivity contribution in [1.82, 2.24) is 14.9 Å². The van der Waals surface area contributed by atoms with Crippen molar-refractivity contribution in [3.63, 3.8) is 0 Å². The molecule has 1 N–H and O–H groups in total. The Hall–Kier alpha value is -1.85. The predicted molar refractivity (Wildman–Crippen MR) is 66.0 cm³/mol. The summed E-state index contributed by atoms with van der Waals surface area (Å²) < 4.78 is 6.26. The maximum Gasteiger partial charge on any atom is 0.305 e. The minimum atomic E-state index is -0.187. The van der Waals surface area contributed by atoms with Crippen molar-refractivity contribution in [3.05, 3.63) is 18.2 Å². The molecule has 1 rings (SSSR count). The average Bonchev–Trinajstić information content (AvgIpc) is 2.79. The summed E-state index contributed by atoms with van der Waals surface area (Å²) in [5.41, 5.74) is 0.423. The molecule has 0 saturated carbocycles. The van der Waals surface area contributed by atoms with E-state index in [0.717, 1.165) is 19.3 Å². The first-order chi connectivity index (χ1) is 8.63. The Labute approximate surface area is 106 Å². The molecule has 0 aliphatic rings. The van der Waals surface area contributed by atoms with E-state index < -0.39 is 0 Å². The maximum atomic E-state index is 11.6. The highest BCUT2D eigenvalue weighted by Gasteiger charge is 2.07. The monoisotopic (exact) mass is 253 g/mol. The highest BCUT2D eigenvalue weighted by molar-refractivity contribution is 5.91. The molecule has 0 bridgehead atoms. The number of nitrogens with zero attached hydrogens (tertiary/aromatic N) is 2. The zero-order valence-corrected chi connectivity index (χ0v) is 10.8. The van der Waals surface area contributed by atoms with Crippen LogP contribution < -0.4 is 5.32 Å². The summed E-state index contributed by atoms with van der Waals surface area (Å²) >= 11 is 0. The number of nitrogens with one attached hydrogen (secondary N) is 1. The first-order valence-electron chi connectivity index (χ1n) is 5.96. The van der Waals surface area contributed by atoms with E-state index in [1.807, 2.05) is 7.05 Å². The minimum absolute atomic E-state index is 0.163. The lowest BCUT2D eigenvalue weighted by Crippen LogP contribution is -2.24. The Bertz CT molecular complexity index is 401. The zero-order chi connectivity index (χ0) is 13.4. The van der Waals surface area contributed by atoms with E-state index in [1.54, 1.807) is 17.1 Å².